The van der Waals surface area contributed by atoms with Gasteiger partial charge in [-0.25, -0.2) is 4.79 Å². The molecule has 1 unspecified atom stereocenters. The number of hydrogen-bond donors (Lipinski definition) is 0. The van der Waals surface area contributed by atoms with Crippen LogP contribution in [-0.4, -0.2) is 29.9 Å². The zero-order valence-corrected chi connectivity index (χ0v) is 20.0. The van der Waals surface area contributed by atoms with Gasteiger partial charge in [0.05, 0.1) is 5.52 Å². The second-order valence-electron chi connectivity index (χ2n) is 8.71. The molecule has 7 heteroatoms. The van der Waals surface area contributed by atoms with Crippen molar-refractivity contribution in [1.82, 2.24) is 4.57 Å². The third kappa shape index (κ3) is 5.13. The molecule has 1 heterocycles. The van der Waals surface area contributed by atoms with Crippen LogP contribution in [0.1, 0.15) is 33.3 Å². The minimum atomic E-state index is -4.63. The summed E-state index contributed by atoms with van der Waals surface area (Å²) in [6.45, 7) is 9.05. The number of aromatic nitrogens is 1. The van der Waals surface area contributed by atoms with Crippen LogP contribution in [0.4, 0.5) is 13.2 Å². The number of hydrogen-bond acceptors (Lipinski definition) is 3. The summed E-state index contributed by atoms with van der Waals surface area (Å²) in [5.41, 5.74) is 1.96. The summed E-state index contributed by atoms with van der Waals surface area (Å²) in [6, 6.07) is 15.5. The van der Waals surface area contributed by atoms with Crippen LogP contribution >= 0.6 is 0 Å². The monoisotopic (exact) mass is 473 g/mol. The summed E-state index contributed by atoms with van der Waals surface area (Å²) < 4.78 is 54.0. The molecule has 0 fully saturated rings. The predicted molar refractivity (Wildman–Crippen MR) is 128 cm³/mol. The summed E-state index contributed by atoms with van der Waals surface area (Å²) in [5, 5.41) is 0.976. The number of halogens is 3. The number of fused-ring (bicyclic) bond motifs is 1. The van der Waals surface area contributed by atoms with Gasteiger partial charge in [0.2, 0.25) is 0 Å². The maximum atomic E-state index is 13.8. The van der Waals surface area contributed by atoms with Gasteiger partial charge >= 0.3 is 12.1 Å². The first-order chi connectivity index (χ1) is 16.0. The Labute approximate surface area is 198 Å². The molecule has 0 aliphatic rings. The highest BCUT2D eigenvalue weighted by atomic mass is 19.4. The van der Waals surface area contributed by atoms with Crippen molar-refractivity contribution in [3.63, 3.8) is 0 Å². The van der Waals surface area contributed by atoms with Gasteiger partial charge in [0, 0.05) is 34.8 Å². The van der Waals surface area contributed by atoms with Crippen LogP contribution < -0.4 is 4.74 Å². The Morgan fingerprint density at radius 3 is 2.38 bits per heavy atom. The van der Waals surface area contributed by atoms with Gasteiger partial charge in [-0.1, -0.05) is 37.8 Å². The molecule has 3 aromatic rings. The highest BCUT2D eigenvalue weighted by Gasteiger charge is 2.53. The number of nitrogens with zero attached hydrogens (tertiary/aromatic N) is 1. The molecule has 0 amide bonds. The van der Waals surface area contributed by atoms with E-state index < -0.39 is 30.8 Å². The zero-order chi connectivity index (χ0) is 25.1. The van der Waals surface area contributed by atoms with Gasteiger partial charge in [-0.3, -0.25) is 0 Å². The van der Waals surface area contributed by atoms with Crippen LogP contribution in [0.25, 0.3) is 22.2 Å². The average Bonchev–Trinajstić information content (AvgIpc) is 3.17. The van der Waals surface area contributed by atoms with Gasteiger partial charge in [-0.2, -0.15) is 13.2 Å². The fourth-order valence-corrected chi connectivity index (χ4v) is 3.76. The normalized spacial score (nSPS) is 13.5. The molecule has 0 saturated carbocycles. The van der Waals surface area contributed by atoms with Crippen molar-refractivity contribution in [3.05, 3.63) is 66.2 Å². The first-order valence-corrected chi connectivity index (χ1v) is 11.2. The van der Waals surface area contributed by atoms with Crippen molar-refractivity contribution < 1.29 is 27.4 Å². The van der Waals surface area contributed by atoms with E-state index in [0.717, 1.165) is 35.5 Å². The molecule has 0 radical (unpaired) electrons. The molecular weight excluding hydrogens is 443 g/mol. The van der Waals surface area contributed by atoms with Gasteiger partial charge in [-0.05, 0) is 51.0 Å². The molecule has 4 nitrogen and oxygen atoms in total. The maximum Gasteiger partial charge on any atom is 0.400 e. The molecule has 0 aliphatic heterocycles. The zero-order valence-electron chi connectivity index (χ0n) is 20.0. The Balaban J connectivity index is 1.90. The fourth-order valence-electron chi connectivity index (χ4n) is 3.76. The largest absolute Gasteiger partial charge is 0.492 e. The topological polar surface area (TPSA) is 40.5 Å². The van der Waals surface area contributed by atoms with Crippen LogP contribution in [0.5, 0.6) is 5.75 Å². The van der Waals surface area contributed by atoms with E-state index in [1.165, 1.54) is 12.5 Å². The molecule has 1 aromatic heterocycles. The van der Waals surface area contributed by atoms with E-state index in [4.69, 9.17) is 9.47 Å². The van der Waals surface area contributed by atoms with Crippen molar-refractivity contribution in [3.8, 4) is 17.0 Å². The predicted octanol–water partition coefficient (Wildman–Crippen LogP) is 6.96. The van der Waals surface area contributed by atoms with Crippen molar-refractivity contribution in [2.45, 2.75) is 46.8 Å². The lowest BCUT2D eigenvalue weighted by Crippen LogP contribution is -2.44. The van der Waals surface area contributed by atoms with Crippen LogP contribution in [0, 0.1) is 5.41 Å². The van der Waals surface area contributed by atoms with Gasteiger partial charge in [0.1, 0.15) is 24.4 Å². The van der Waals surface area contributed by atoms with Crippen LogP contribution in [-0.2, 0) is 22.5 Å². The van der Waals surface area contributed by atoms with E-state index in [-0.39, 0.29) is 5.57 Å². The highest BCUT2D eigenvalue weighted by Crippen LogP contribution is 2.39. The standard InChI is InChI=1S/C27H30F3NO3/c1-6-19-10-8-9-11-22(19)24-14-20-12-13-21(15-23(20)31(24)7-2)33-16-26(5,27(28,29)30)17-34-25(32)18(3)4/h8-15H,3,6-7,16-17H2,1-2,4-5H3. The molecule has 1 atom stereocenters. The molecule has 0 aliphatic carbocycles. The van der Waals surface area contributed by atoms with E-state index in [0.29, 0.717) is 12.3 Å². The molecule has 0 spiro atoms. The van der Waals surface area contributed by atoms with Crippen molar-refractivity contribution in [2.24, 2.45) is 5.41 Å². The van der Waals surface area contributed by atoms with Crippen LogP contribution in [0.15, 0.2) is 60.7 Å². The second kappa shape index (κ2) is 9.95. The molecule has 182 valence electrons. The fraction of sp³-hybridized carbons (Fsp3) is 0.370. The molecule has 34 heavy (non-hydrogen) atoms. The number of carbonyl (C=O) groups is 1. The Hall–Kier alpha value is -3.22. The number of benzene rings is 2. The number of alkyl halides is 3. The molecular formula is C27H30F3NO3. The van der Waals surface area contributed by atoms with Crippen molar-refractivity contribution >= 4 is 16.9 Å². The summed E-state index contributed by atoms with van der Waals surface area (Å²) in [6.07, 6.45) is -3.74. The lowest BCUT2D eigenvalue weighted by molar-refractivity contribution is -0.240. The lowest BCUT2D eigenvalue weighted by atomic mass is 9.92. The first kappa shape index (κ1) is 25.4. The molecule has 2 aromatic carbocycles. The smallest absolute Gasteiger partial charge is 0.400 e. The Morgan fingerprint density at radius 2 is 1.76 bits per heavy atom. The molecule has 0 bridgehead atoms. The Morgan fingerprint density at radius 1 is 1.06 bits per heavy atom. The SMILES string of the molecule is C=C(C)C(=O)OCC(C)(COc1ccc2cc(-c3ccccc3CC)n(CC)c2c1)C(F)(F)F. The van der Waals surface area contributed by atoms with Crippen LogP contribution in [0.3, 0.4) is 0 Å². The summed E-state index contributed by atoms with van der Waals surface area (Å²) in [4.78, 5) is 11.6. The second-order valence-corrected chi connectivity index (χ2v) is 8.71. The third-order valence-electron chi connectivity index (χ3n) is 5.98. The molecule has 0 saturated heterocycles. The van der Waals surface area contributed by atoms with E-state index in [1.54, 1.807) is 12.1 Å². The number of ether oxygens (including phenoxy) is 2. The first-order valence-electron chi connectivity index (χ1n) is 11.2. The third-order valence-corrected chi connectivity index (χ3v) is 5.98. The van der Waals surface area contributed by atoms with E-state index >= 15 is 0 Å². The number of esters is 1. The number of carbonyl (C=O) groups excluding carboxylic acids is 1. The van der Waals surface area contributed by atoms with E-state index in [9.17, 15) is 18.0 Å². The summed E-state index contributed by atoms with van der Waals surface area (Å²) in [5.74, 6) is -0.546. The summed E-state index contributed by atoms with van der Waals surface area (Å²) >= 11 is 0. The van der Waals surface area contributed by atoms with Crippen molar-refractivity contribution in [2.75, 3.05) is 13.2 Å². The average molecular weight is 474 g/mol. The van der Waals surface area contributed by atoms with Gasteiger partial charge < -0.3 is 14.0 Å². The van der Waals surface area contributed by atoms with Gasteiger partial charge in [-0.15, -0.1) is 0 Å². The maximum absolute atomic E-state index is 13.8. The number of rotatable bonds is 9. The highest BCUT2D eigenvalue weighted by molar-refractivity contribution is 5.89. The Bertz CT molecular complexity index is 1200. The minimum absolute atomic E-state index is 0.0386. The summed E-state index contributed by atoms with van der Waals surface area (Å²) in [7, 11) is 0. The lowest BCUT2D eigenvalue weighted by Gasteiger charge is -2.31. The van der Waals surface area contributed by atoms with Gasteiger partial charge in [0.15, 0.2) is 0 Å². The van der Waals surface area contributed by atoms with Gasteiger partial charge in [0.25, 0.3) is 0 Å². The Kier molecular flexibility index (Phi) is 7.44. The minimum Gasteiger partial charge on any atom is -0.492 e. The van der Waals surface area contributed by atoms with E-state index in [1.807, 2.05) is 25.1 Å². The van der Waals surface area contributed by atoms with E-state index in [2.05, 4.69) is 36.3 Å². The quantitative estimate of drug-likeness (QED) is 0.249. The number of aryl methyl sites for hydroxylation is 2. The van der Waals surface area contributed by atoms with Crippen LogP contribution in [0.2, 0.25) is 0 Å². The van der Waals surface area contributed by atoms with Crippen molar-refractivity contribution in [1.29, 1.82) is 0 Å². The molecule has 0 N–H and O–H groups in total. The molecule has 3 rings (SSSR count).